The van der Waals surface area contributed by atoms with Crippen LogP contribution >= 0.6 is 0 Å². The van der Waals surface area contributed by atoms with Crippen molar-refractivity contribution < 1.29 is 4.79 Å². The number of unbranched alkanes of at least 4 members (excludes halogenated alkanes) is 19. The fourth-order valence-corrected chi connectivity index (χ4v) is 3.54. The van der Waals surface area contributed by atoms with Gasteiger partial charge in [-0.1, -0.05) is 115 Å². The molecule has 0 aliphatic rings. The highest BCUT2D eigenvalue weighted by Gasteiger charge is 1.94. The molecule has 0 spiro atoms. The van der Waals surface area contributed by atoms with Gasteiger partial charge in [-0.25, -0.2) is 0 Å². The Kier molecular flexibility index (Phi) is 23.9. The third kappa shape index (κ3) is 23.4. The van der Waals surface area contributed by atoms with Crippen molar-refractivity contribution >= 4 is 6.29 Å². The van der Waals surface area contributed by atoms with E-state index in [1.807, 2.05) is 0 Å². The van der Waals surface area contributed by atoms with Crippen LogP contribution in [-0.4, -0.2) is 6.29 Å². The largest absolute Gasteiger partial charge is 0.303 e. The lowest BCUT2D eigenvalue weighted by atomic mass is 10.0. The van der Waals surface area contributed by atoms with E-state index in [-0.39, 0.29) is 0 Å². The van der Waals surface area contributed by atoms with Gasteiger partial charge in [-0.2, -0.15) is 0 Å². The van der Waals surface area contributed by atoms with Crippen molar-refractivity contribution in [1.82, 2.24) is 0 Å². The Morgan fingerprint density at radius 2 is 0.731 bits per heavy atom. The monoisotopic (exact) mass is 364 g/mol. The van der Waals surface area contributed by atoms with Crippen LogP contribution in [0.5, 0.6) is 0 Å². The van der Waals surface area contributed by atoms with Crippen molar-refractivity contribution in [2.24, 2.45) is 0 Å². The summed E-state index contributed by atoms with van der Waals surface area (Å²) in [5.74, 6) is 0. The van der Waals surface area contributed by atoms with Gasteiger partial charge in [-0.3, -0.25) is 0 Å². The van der Waals surface area contributed by atoms with Crippen LogP contribution in [0.3, 0.4) is 0 Å². The summed E-state index contributed by atoms with van der Waals surface area (Å²) in [4.78, 5) is 10.2. The third-order valence-corrected chi connectivity index (χ3v) is 5.33. The van der Waals surface area contributed by atoms with E-state index >= 15 is 0 Å². The van der Waals surface area contributed by atoms with Crippen molar-refractivity contribution in [2.45, 2.75) is 142 Å². The summed E-state index contributed by atoms with van der Waals surface area (Å²) in [5, 5.41) is 0. The fraction of sp³-hybridized carbons (Fsp3) is 0.880. The highest BCUT2D eigenvalue weighted by atomic mass is 16.1. The first kappa shape index (κ1) is 25.4. The number of allylic oxidation sites excluding steroid dienone is 2. The predicted octanol–water partition coefficient (Wildman–Crippen LogP) is 8.95. The van der Waals surface area contributed by atoms with Crippen LogP contribution < -0.4 is 0 Å². The first-order valence-corrected chi connectivity index (χ1v) is 12.0. The summed E-state index contributed by atoms with van der Waals surface area (Å²) in [7, 11) is 0. The second kappa shape index (κ2) is 24.4. The normalized spacial score (nSPS) is 11.4. The summed E-state index contributed by atoms with van der Waals surface area (Å²) >= 11 is 0. The van der Waals surface area contributed by atoms with Gasteiger partial charge in [-0.05, 0) is 32.1 Å². The van der Waals surface area contributed by atoms with Gasteiger partial charge in [0.15, 0.2) is 0 Å². The molecule has 1 heteroatoms. The number of carbonyl (C=O) groups is 1. The zero-order chi connectivity index (χ0) is 19.0. The number of rotatable bonds is 22. The van der Waals surface area contributed by atoms with Gasteiger partial charge < -0.3 is 4.79 Å². The van der Waals surface area contributed by atoms with Gasteiger partial charge in [0.05, 0.1) is 0 Å². The van der Waals surface area contributed by atoms with Gasteiger partial charge in [0.1, 0.15) is 6.29 Å². The molecule has 0 aliphatic carbocycles. The van der Waals surface area contributed by atoms with E-state index in [1.54, 1.807) is 0 Å². The van der Waals surface area contributed by atoms with E-state index in [2.05, 4.69) is 19.1 Å². The van der Waals surface area contributed by atoms with Crippen molar-refractivity contribution in [2.75, 3.05) is 0 Å². The van der Waals surface area contributed by atoms with Crippen LogP contribution in [0.15, 0.2) is 12.2 Å². The quantitative estimate of drug-likeness (QED) is 0.106. The lowest BCUT2D eigenvalue weighted by Crippen LogP contribution is -1.84. The Morgan fingerprint density at radius 1 is 0.423 bits per heavy atom. The Labute approximate surface area is 165 Å². The third-order valence-electron chi connectivity index (χ3n) is 5.33. The molecular weight excluding hydrogens is 316 g/mol. The highest BCUT2D eigenvalue weighted by Crippen LogP contribution is 2.14. The molecule has 26 heavy (non-hydrogen) atoms. The van der Waals surface area contributed by atoms with E-state index in [0.29, 0.717) is 0 Å². The first-order valence-electron chi connectivity index (χ1n) is 12.0. The van der Waals surface area contributed by atoms with Gasteiger partial charge >= 0.3 is 0 Å². The molecule has 0 amide bonds. The number of carbonyl (C=O) groups excluding carboxylic acids is 1. The number of hydrogen-bond acceptors (Lipinski definition) is 1. The van der Waals surface area contributed by atoms with Crippen molar-refractivity contribution in [1.29, 1.82) is 0 Å². The van der Waals surface area contributed by atoms with Crippen LogP contribution in [-0.2, 0) is 4.79 Å². The van der Waals surface area contributed by atoms with Crippen LogP contribution in [0.4, 0.5) is 0 Å². The molecule has 0 aromatic rings. The van der Waals surface area contributed by atoms with Gasteiger partial charge in [0.2, 0.25) is 0 Å². The summed E-state index contributed by atoms with van der Waals surface area (Å²) in [5.41, 5.74) is 0. The standard InChI is InChI=1S/C25H48O/c1-2-3-4-5-6-7-8-9-10-11-12-13-14-15-16-17-18-19-20-21-22-23-24-25-26/h6-7,25H,2-5,8-24H2,1H3. The van der Waals surface area contributed by atoms with Crippen LogP contribution in [0.25, 0.3) is 0 Å². The Bertz CT molecular complexity index is 282. The molecule has 0 bridgehead atoms. The minimum atomic E-state index is 0.760. The smallest absolute Gasteiger partial charge is 0.119 e. The van der Waals surface area contributed by atoms with E-state index in [4.69, 9.17) is 0 Å². The number of hydrogen-bond donors (Lipinski definition) is 0. The summed E-state index contributed by atoms with van der Waals surface area (Å²) < 4.78 is 0. The van der Waals surface area contributed by atoms with Crippen molar-refractivity contribution in [3.63, 3.8) is 0 Å². The topological polar surface area (TPSA) is 17.1 Å². The molecule has 0 N–H and O–H groups in total. The maximum absolute atomic E-state index is 10.2. The molecule has 0 fully saturated rings. The van der Waals surface area contributed by atoms with Crippen LogP contribution in [0, 0.1) is 0 Å². The Morgan fingerprint density at radius 3 is 1.08 bits per heavy atom. The molecule has 0 aromatic heterocycles. The van der Waals surface area contributed by atoms with Crippen LogP contribution in [0.2, 0.25) is 0 Å². The van der Waals surface area contributed by atoms with E-state index in [9.17, 15) is 4.79 Å². The molecule has 154 valence electrons. The van der Waals surface area contributed by atoms with Crippen LogP contribution in [0.1, 0.15) is 142 Å². The van der Waals surface area contributed by atoms with Crippen molar-refractivity contribution in [3.8, 4) is 0 Å². The van der Waals surface area contributed by atoms with Gasteiger partial charge in [-0.15, -0.1) is 0 Å². The molecule has 0 atom stereocenters. The zero-order valence-corrected chi connectivity index (χ0v) is 18.0. The van der Waals surface area contributed by atoms with E-state index in [1.165, 1.54) is 122 Å². The minimum absolute atomic E-state index is 0.760. The highest BCUT2D eigenvalue weighted by molar-refractivity contribution is 5.48. The molecular formula is C25H48O. The first-order chi connectivity index (χ1) is 12.9. The molecule has 0 rings (SSSR count). The minimum Gasteiger partial charge on any atom is -0.303 e. The van der Waals surface area contributed by atoms with Gasteiger partial charge in [0.25, 0.3) is 0 Å². The zero-order valence-electron chi connectivity index (χ0n) is 18.0. The summed E-state index contributed by atoms with van der Waals surface area (Å²) in [6.45, 7) is 2.27. The lowest BCUT2D eigenvalue weighted by molar-refractivity contribution is -0.107. The SMILES string of the molecule is CCCCCC=CCCCCCCCCCCCCCCCCCC=O. The second-order valence-corrected chi connectivity index (χ2v) is 8.01. The molecule has 0 heterocycles. The predicted molar refractivity (Wildman–Crippen MR) is 118 cm³/mol. The fourth-order valence-electron chi connectivity index (χ4n) is 3.54. The van der Waals surface area contributed by atoms with Gasteiger partial charge in [0, 0.05) is 6.42 Å². The molecule has 0 aliphatic heterocycles. The molecule has 0 unspecified atom stereocenters. The Hall–Kier alpha value is -0.590. The van der Waals surface area contributed by atoms with E-state index in [0.717, 1.165) is 19.1 Å². The summed E-state index contributed by atoms with van der Waals surface area (Å²) in [6, 6.07) is 0. The summed E-state index contributed by atoms with van der Waals surface area (Å²) in [6.07, 6.45) is 34.0. The molecule has 0 aromatic carbocycles. The molecule has 1 nitrogen and oxygen atoms in total. The maximum Gasteiger partial charge on any atom is 0.119 e. The molecule has 0 radical (unpaired) electrons. The Balaban J connectivity index is 3.01. The number of aldehydes is 1. The molecule has 0 saturated heterocycles. The average Bonchev–Trinajstić information content (AvgIpc) is 2.66. The average molecular weight is 365 g/mol. The van der Waals surface area contributed by atoms with E-state index < -0.39 is 0 Å². The lowest BCUT2D eigenvalue weighted by Gasteiger charge is -2.03. The van der Waals surface area contributed by atoms with Crippen molar-refractivity contribution in [3.05, 3.63) is 12.2 Å². The second-order valence-electron chi connectivity index (χ2n) is 8.01. The maximum atomic E-state index is 10.2. The molecule has 0 saturated carbocycles.